The molecule has 0 fully saturated rings. The molecule has 1 unspecified atom stereocenters. The summed E-state index contributed by atoms with van der Waals surface area (Å²) in [6.45, 7) is 1.16. The lowest BCUT2D eigenvalue weighted by Gasteiger charge is -2.29. The van der Waals surface area contributed by atoms with E-state index in [4.69, 9.17) is 10.2 Å². The molecule has 0 aliphatic carbocycles. The summed E-state index contributed by atoms with van der Waals surface area (Å²) in [5.74, 6) is -5.54. The van der Waals surface area contributed by atoms with E-state index in [-0.39, 0.29) is 19.5 Å². The van der Waals surface area contributed by atoms with Crippen LogP contribution in [0.15, 0.2) is 36.9 Å². The van der Waals surface area contributed by atoms with Gasteiger partial charge in [0, 0.05) is 18.8 Å². The number of carbonyl (C=O) groups is 5. The first-order valence-corrected chi connectivity index (χ1v) is 9.38. The molecule has 32 heavy (non-hydrogen) atoms. The van der Waals surface area contributed by atoms with Crippen LogP contribution in [-0.4, -0.2) is 98.8 Å². The molecule has 0 aliphatic rings. The van der Waals surface area contributed by atoms with Crippen LogP contribution in [0.3, 0.4) is 0 Å². The first-order chi connectivity index (χ1) is 15.0. The summed E-state index contributed by atoms with van der Waals surface area (Å²) in [5.41, 5.74) is 1.02. The van der Waals surface area contributed by atoms with Crippen molar-refractivity contribution in [3.8, 4) is 0 Å². The number of carbonyl (C=O) groups excluding carboxylic acids is 1. The molecule has 0 saturated heterocycles. The fourth-order valence-electron chi connectivity index (χ4n) is 2.90. The highest BCUT2D eigenvalue weighted by Crippen LogP contribution is 2.14. The Morgan fingerprint density at radius 2 is 1.41 bits per heavy atom. The third-order valence-corrected chi connectivity index (χ3v) is 4.32. The Bertz CT molecular complexity index is 838. The van der Waals surface area contributed by atoms with Gasteiger partial charge in [0.15, 0.2) is 0 Å². The zero-order chi connectivity index (χ0) is 24.3. The van der Waals surface area contributed by atoms with Crippen LogP contribution in [0.4, 0.5) is 5.69 Å². The standard InChI is InChI=1S/C20H25N3O9/c1-2-16(24)21-14-5-3-13(4-6-14)9-15(20(31)32)23(12-19(29)30)8-7-22(10-17(25)26)11-18(27)28/h2-6,15H,1,7-12H2,(H,21,24)(H,25,26)(H,27,28)(H,29,30)(H,31,32). The number of amides is 1. The van der Waals surface area contributed by atoms with Crippen LogP contribution in [-0.2, 0) is 30.4 Å². The summed E-state index contributed by atoms with van der Waals surface area (Å²) in [4.78, 5) is 58.6. The number of hydrogen-bond donors (Lipinski definition) is 5. The number of nitrogens with zero attached hydrogens (tertiary/aromatic N) is 2. The summed E-state index contributed by atoms with van der Waals surface area (Å²) >= 11 is 0. The first kappa shape index (κ1) is 26.3. The van der Waals surface area contributed by atoms with Crippen molar-refractivity contribution >= 4 is 35.5 Å². The van der Waals surface area contributed by atoms with Crippen LogP contribution in [0, 0.1) is 0 Å². The first-order valence-electron chi connectivity index (χ1n) is 9.38. The van der Waals surface area contributed by atoms with Crippen molar-refractivity contribution in [1.82, 2.24) is 9.80 Å². The molecule has 1 atom stereocenters. The highest BCUT2D eigenvalue weighted by Gasteiger charge is 2.28. The Morgan fingerprint density at radius 3 is 1.84 bits per heavy atom. The number of carboxylic acid groups (broad SMARTS) is 4. The van der Waals surface area contributed by atoms with Gasteiger partial charge in [-0.1, -0.05) is 18.7 Å². The maximum atomic E-state index is 11.9. The summed E-state index contributed by atoms with van der Waals surface area (Å²) in [6, 6.07) is 5.00. The molecule has 12 heteroatoms. The van der Waals surface area contributed by atoms with Gasteiger partial charge in [0.05, 0.1) is 19.6 Å². The molecular formula is C20H25N3O9. The third kappa shape index (κ3) is 9.82. The zero-order valence-electron chi connectivity index (χ0n) is 17.1. The van der Waals surface area contributed by atoms with Crippen molar-refractivity contribution in [3.63, 3.8) is 0 Å². The van der Waals surface area contributed by atoms with Crippen LogP contribution in [0.25, 0.3) is 0 Å². The van der Waals surface area contributed by atoms with Gasteiger partial charge in [0.1, 0.15) is 6.04 Å². The number of nitrogens with one attached hydrogen (secondary N) is 1. The number of aliphatic carboxylic acids is 4. The molecule has 0 saturated carbocycles. The summed E-state index contributed by atoms with van der Waals surface area (Å²) < 4.78 is 0. The third-order valence-electron chi connectivity index (χ3n) is 4.32. The Hall–Kier alpha value is -3.77. The van der Waals surface area contributed by atoms with E-state index in [0.717, 1.165) is 15.9 Å². The minimum absolute atomic E-state index is 0.0733. The Labute approximate surface area is 183 Å². The fraction of sp³-hybridized carbons (Fsp3) is 0.350. The van der Waals surface area contributed by atoms with Crippen LogP contribution >= 0.6 is 0 Å². The van der Waals surface area contributed by atoms with Crippen LogP contribution in [0.1, 0.15) is 5.56 Å². The molecule has 1 amide bonds. The lowest BCUT2D eigenvalue weighted by atomic mass is 10.0. The highest BCUT2D eigenvalue weighted by molar-refractivity contribution is 5.98. The van der Waals surface area contributed by atoms with E-state index in [1.54, 1.807) is 24.3 Å². The second kappa shape index (κ2) is 12.8. The molecule has 174 valence electrons. The average molecular weight is 451 g/mol. The number of benzene rings is 1. The van der Waals surface area contributed by atoms with E-state index in [1.165, 1.54) is 0 Å². The lowest BCUT2D eigenvalue weighted by Crippen LogP contribution is -2.49. The molecular weight excluding hydrogens is 426 g/mol. The summed E-state index contributed by atoms with van der Waals surface area (Å²) in [5, 5.41) is 39.3. The van der Waals surface area contributed by atoms with Crippen molar-refractivity contribution in [3.05, 3.63) is 42.5 Å². The molecule has 0 bridgehead atoms. The van der Waals surface area contributed by atoms with Gasteiger partial charge in [-0.3, -0.25) is 33.8 Å². The highest BCUT2D eigenvalue weighted by atomic mass is 16.4. The Kier molecular flexibility index (Phi) is 10.5. The molecule has 5 N–H and O–H groups in total. The van der Waals surface area contributed by atoms with E-state index in [0.29, 0.717) is 11.3 Å². The second-order valence-electron chi connectivity index (χ2n) is 6.81. The smallest absolute Gasteiger partial charge is 0.321 e. The SMILES string of the molecule is C=CC(=O)Nc1ccc(CC(C(=O)O)N(CCN(CC(=O)O)CC(=O)O)CC(=O)O)cc1. The number of anilines is 1. The van der Waals surface area contributed by atoms with Crippen LogP contribution in [0.5, 0.6) is 0 Å². The predicted octanol–water partition coefficient (Wildman–Crippen LogP) is -0.335. The predicted molar refractivity (Wildman–Crippen MR) is 111 cm³/mol. The van der Waals surface area contributed by atoms with E-state index >= 15 is 0 Å². The van der Waals surface area contributed by atoms with Gasteiger partial charge >= 0.3 is 23.9 Å². The minimum atomic E-state index is -1.29. The molecule has 0 heterocycles. The van der Waals surface area contributed by atoms with Gasteiger partial charge in [-0.05, 0) is 30.2 Å². The molecule has 0 aromatic heterocycles. The van der Waals surface area contributed by atoms with Crippen LogP contribution < -0.4 is 5.32 Å². The fourth-order valence-corrected chi connectivity index (χ4v) is 2.90. The van der Waals surface area contributed by atoms with E-state index in [1.807, 2.05) is 0 Å². The van der Waals surface area contributed by atoms with Crippen LogP contribution in [0.2, 0.25) is 0 Å². The zero-order valence-corrected chi connectivity index (χ0v) is 17.1. The van der Waals surface area contributed by atoms with Gasteiger partial charge in [-0.25, -0.2) is 0 Å². The topological polar surface area (TPSA) is 185 Å². The molecule has 0 aliphatic heterocycles. The number of rotatable bonds is 15. The van der Waals surface area contributed by atoms with E-state index < -0.39 is 55.5 Å². The van der Waals surface area contributed by atoms with Gasteiger partial charge in [-0.15, -0.1) is 0 Å². The van der Waals surface area contributed by atoms with E-state index in [2.05, 4.69) is 11.9 Å². The molecule has 12 nitrogen and oxygen atoms in total. The van der Waals surface area contributed by atoms with Gasteiger partial charge < -0.3 is 25.7 Å². The molecule has 1 rings (SSSR count). The Morgan fingerprint density at radius 1 is 0.875 bits per heavy atom. The molecule has 1 aromatic carbocycles. The maximum Gasteiger partial charge on any atom is 0.321 e. The van der Waals surface area contributed by atoms with Crippen molar-refractivity contribution in [2.75, 3.05) is 38.0 Å². The molecule has 0 spiro atoms. The van der Waals surface area contributed by atoms with Crippen molar-refractivity contribution in [1.29, 1.82) is 0 Å². The largest absolute Gasteiger partial charge is 0.480 e. The van der Waals surface area contributed by atoms with Crippen molar-refractivity contribution in [2.45, 2.75) is 12.5 Å². The second-order valence-corrected chi connectivity index (χ2v) is 6.81. The number of hydrogen-bond acceptors (Lipinski definition) is 7. The average Bonchev–Trinajstić information content (AvgIpc) is 2.69. The van der Waals surface area contributed by atoms with Crippen molar-refractivity contribution < 1.29 is 44.4 Å². The molecule has 0 radical (unpaired) electrons. The Balaban J connectivity index is 2.98. The summed E-state index contributed by atoms with van der Waals surface area (Å²) in [7, 11) is 0. The van der Waals surface area contributed by atoms with E-state index in [9.17, 15) is 34.2 Å². The lowest BCUT2D eigenvalue weighted by molar-refractivity contribution is -0.148. The molecule has 1 aromatic rings. The van der Waals surface area contributed by atoms with Gasteiger partial charge in [-0.2, -0.15) is 0 Å². The number of carboxylic acids is 4. The maximum absolute atomic E-state index is 11.9. The van der Waals surface area contributed by atoms with Gasteiger partial charge in [0.25, 0.3) is 0 Å². The van der Waals surface area contributed by atoms with Gasteiger partial charge in [0.2, 0.25) is 5.91 Å². The van der Waals surface area contributed by atoms with Crippen molar-refractivity contribution in [2.24, 2.45) is 0 Å². The minimum Gasteiger partial charge on any atom is -0.480 e. The monoisotopic (exact) mass is 451 g/mol. The quantitative estimate of drug-likeness (QED) is 0.220. The summed E-state index contributed by atoms with van der Waals surface area (Å²) in [6.07, 6.45) is 1.02. The normalized spacial score (nSPS) is 11.7.